The summed E-state index contributed by atoms with van der Waals surface area (Å²) in [5, 5.41) is 16.6. The number of amides is 3. The number of alkyl carbamates (subject to hydrolysis) is 1. The van der Waals surface area contributed by atoms with Crippen LogP contribution in [-0.4, -0.2) is 63.1 Å². The summed E-state index contributed by atoms with van der Waals surface area (Å²) < 4.78 is 5.42. The highest BCUT2D eigenvalue weighted by molar-refractivity contribution is 7.98. The first-order valence-corrected chi connectivity index (χ1v) is 13.9. The molecular weight excluding hydrogens is 478 g/mol. The first kappa shape index (κ1) is 31.6. The van der Waals surface area contributed by atoms with E-state index in [1.165, 1.54) is 4.90 Å². The van der Waals surface area contributed by atoms with Crippen LogP contribution in [0.15, 0.2) is 18.2 Å². The Morgan fingerprint density at radius 3 is 2.22 bits per heavy atom. The van der Waals surface area contributed by atoms with E-state index in [2.05, 4.69) is 10.6 Å². The van der Waals surface area contributed by atoms with E-state index in [0.717, 1.165) is 0 Å². The van der Waals surface area contributed by atoms with Gasteiger partial charge in [0.05, 0.1) is 0 Å². The number of benzene rings is 1. The maximum absolute atomic E-state index is 14.2. The van der Waals surface area contributed by atoms with E-state index in [4.69, 9.17) is 4.74 Å². The zero-order valence-electron chi connectivity index (χ0n) is 23.5. The fourth-order valence-corrected chi connectivity index (χ4v) is 4.19. The molecule has 8 nitrogen and oxygen atoms in total. The van der Waals surface area contributed by atoms with Gasteiger partial charge in [-0.25, -0.2) is 4.79 Å². The van der Waals surface area contributed by atoms with Crippen molar-refractivity contribution in [2.24, 2.45) is 0 Å². The second-order valence-electron chi connectivity index (χ2n) is 10.9. The fourth-order valence-electron chi connectivity index (χ4n) is 3.72. The van der Waals surface area contributed by atoms with Crippen LogP contribution in [0.1, 0.15) is 85.4 Å². The van der Waals surface area contributed by atoms with E-state index in [-0.39, 0.29) is 11.8 Å². The fraction of sp³-hybridized carbons (Fsp3) is 0.667. The molecule has 204 valence electrons. The first-order chi connectivity index (χ1) is 16.6. The maximum atomic E-state index is 14.2. The van der Waals surface area contributed by atoms with Crippen molar-refractivity contribution in [1.29, 1.82) is 0 Å². The van der Waals surface area contributed by atoms with Crippen LogP contribution in [0, 0.1) is 6.92 Å². The molecule has 0 radical (unpaired) electrons. The topological polar surface area (TPSA) is 108 Å². The summed E-state index contributed by atoms with van der Waals surface area (Å²) in [7, 11) is 0. The van der Waals surface area contributed by atoms with Gasteiger partial charge in [-0.3, -0.25) is 9.59 Å². The van der Waals surface area contributed by atoms with Gasteiger partial charge in [0.25, 0.3) is 0 Å². The number of carbonyl (C=O) groups is 3. The zero-order chi connectivity index (χ0) is 27.8. The number of hydrogen-bond acceptors (Lipinski definition) is 6. The van der Waals surface area contributed by atoms with Gasteiger partial charge in [-0.05, 0) is 85.8 Å². The lowest BCUT2D eigenvalue weighted by molar-refractivity contribution is -0.149. The second-order valence-corrected chi connectivity index (χ2v) is 11.9. The highest BCUT2D eigenvalue weighted by atomic mass is 32.2. The van der Waals surface area contributed by atoms with Gasteiger partial charge in [-0.2, -0.15) is 11.8 Å². The molecule has 0 bridgehead atoms. The van der Waals surface area contributed by atoms with Crippen molar-refractivity contribution in [3.8, 4) is 5.75 Å². The molecule has 0 saturated carbocycles. The number of aromatic hydroxyl groups is 1. The minimum absolute atomic E-state index is 0.0353. The zero-order valence-corrected chi connectivity index (χ0v) is 24.3. The molecule has 0 aliphatic heterocycles. The summed E-state index contributed by atoms with van der Waals surface area (Å²) >= 11 is 1.55. The molecule has 0 fully saturated rings. The molecule has 3 N–H and O–H groups in total. The molecular formula is C27H45N3O5S. The van der Waals surface area contributed by atoms with Crippen LogP contribution < -0.4 is 10.6 Å². The van der Waals surface area contributed by atoms with E-state index in [0.29, 0.717) is 29.7 Å². The van der Waals surface area contributed by atoms with Crippen molar-refractivity contribution in [3.05, 3.63) is 29.3 Å². The van der Waals surface area contributed by atoms with Crippen LogP contribution in [-0.2, 0) is 14.3 Å². The van der Waals surface area contributed by atoms with Gasteiger partial charge < -0.3 is 25.4 Å². The minimum Gasteiger partial charge on any atom is -0.507 e. The molecule has 0 aliphatic carbocycles. The Bertz CT molecular complexity index is 911. The van der Waals surface area contributed by atoms with Crippen LogP contribution >= 0.6 is 11.8 Å². The van der Waals surface area contributed by atoms with Crippen LogP contribution in [0.5, 0.6) is 5.75 Å². The first-order valence-electron chi connectivity index (χ1n) is 12.5. The Labute approximate surface area is 220 Å². The largest absolute Gasteiger partial charge is 0.507 e. The summed E-state index contributed by atoms with van der Waals surface area (Å²) in [6.45, 7) is 16.4. The monoisotopic (exact) mass is 523 g/mol. The van der Waals surface area contributed by atoms with Crippen molar-refractivity contribution in [1.82, 2.24) is 15.5 Å². The highest BCUT2D eigenvalue weighted by Crippen LogP contribution is 2.37. The lowest BCUT2D eigenvalue weighted by atomic mass is 9.90. The molecule has 0 saturated heterocycles. The molecule has 0 spiro atoms. The third kappa shape index (κ3) is 8.91. The molecule has 3 amide bonds. The Kier molecular flexibility index (Phi) is 11.6. The number of para-hydroxylation sites is 1. The number of hydrogen-bond donors (Lipinski definition) is 3. The maximum Gasteiger partial charge on any atom is 0.408 e. The molecule has 36 heavy (non-hydrogen) atoms. The molecule has 0 aliphatic rings. The summed E-state index contributed by atoms with van der Waals surface area (Å²) in [5.74, 6) is -0.231. The van der Waals surface area contributed by atoms with Gasteiger partial charge in [0.1, 0.15) is 23.4 Å². The predicted octanol–water partition coefficient (Wildman–Crippen LogP) is 4.93. The number of rotatable bonds is 11. The van der Waals surface area contributed by atoms with Gasteiger partial charge >= 0.3 is 6.09 Å². The van der Waals surface area contributed by atoms with Crippen molar-refractivity contribution < 1.29 is 24.2 Å². The van der Waals surface area contributed by atoms with Gasteiger partial charge in [0.2, 0.25) is 11.8 Å². The lowest BCUT2D eigenvalue weighted by Gasteiger charge is -2.45. The van der Waals surface area contributed by atoms with Gasteiger partial charge in [-0.15, -0.1) is 0 Å². The third-order valence-electron chi connectivity index (χ3n) is 5.86. The smallest absolute Gasteiger partial charge is 0.408 e. The number of aryl methyl sites for hydroxylation is 1. The molecule has 1 aromatic carbocycles. The van der Waals surface area contributed by atoms with Crippen molar-refractivity contribution in [3.63, 3.8) is 0 Å². The quantitative estimate of drug-likeness (QED) is 0.380. The molecule has 1 aromatic rings. The standard InChI is InChI=1S/C27H45N3O5S/c1-11-27(8,9)30(24(33)20(15-16-36-10)29-25(34)35-26(5,6)7)21(23(32)28-17(2)3)19-14-12-13-18(4)22(19)31/h12-14,17,20-21,31H,11,15-16H2,1-10H3,(H,28,32)(H,29,34). The predicted molar refractivity (Wildman–Crippen MR) is 146 cm³/mol. The normalized spacial score (nSPS) is 13.6. The second kappa shape index (κ2) is 13.2. The number of phenolic OH excluding ortho intramolecular Hbond substituents is 1. The molecule has 0 aromatic heterocycles. The van der Waals surface area contributed by atoms with Gasteiger partial charge in [0.15, 0.2) is 0 Å². The van der Waals surface area contributed by atoms with Gasteiger partial charge in [-0.1, -0.05) is 25.1 Å². The molecule has 2 atom stereocenters. The van der Waals surface area contributed by atoms with Crippen molar-refractivity contribution in [2.75, 3.05) is 12.0 Å². The average Bonchev–Trinajstić information content (AvgIpc) is 2.74. The SMILES string of the molecule is CCC(C)(C)N(C(=O)C(CCSC)NC(=O)OC(C)(C)C)C(C(=O)NC(C)C)c1cccc(C)c1O. The molecule has 9 heteroatoms. The number of carbonyl (C=O) groups excluding carboxylic acids is 3. The lowest BCUT2D eigenvalue weighted by Crippen LogP contribution is -2.59. The van der Waals surface area contributed by atoms with E-state index in [9.17, 15) is 19.5 Å². The summed E-state index contributed by atoms with van der Waals surface area (Å²) in [6.07, 6.45) is 2.12. The number of ether oxygens (including phenoxy) is 1. The summed E-state index contributed by atoms with van der Waals surface area (Å²) in [5.41, 5.74) is -0.571. The minimum atomic E-state index is -1.10. The van der Waals surface area contributed by atoms with Gasteiger partial charge in [0, 0.05) is 17.1 Å². The average molecular weight is 524 g/mol. The number of phenols is 1. The Morgan fingerprint density at radius 2 is 1.72 bits per heavy atom. The number of nitrogens with zero attached hydrogens (tertiary/aromatic N) is 1. The summed E-state index contributed by atoms with van der Waals surface area (Å²) in [6, 6.07) is 2.97. The van der Waals surface area contributed by atoms with Crippen LogP contribution in [0.3, 0.4) is 0 Å². The van der Waals surface area contributed by atoms with E-state index in [1.54, 1.807) is 57.7 Å². The molecule has 2 unspecified atom stereocenters. The Hall–Kier alpha value is -2.42. The highest BCUT2D eigenvalue weighted by Gasteiger charge is 2.44. The third-order valence-corrected chi connectivity index (χ3v) is 6.50. The van der Waals surface area contributed by atoms with Crippen LogP contribution in [0.25, 0.3) is 0 Å². The van der Waals surface area contributed by atoms with Crippen molar-refractivity contribution in [2.45, 2.75) is 104 Å². The van der Waals surface area contributed by atoms with E-state index >= 15 is 0 Å². The molecule has 1 rings (SSSR count). The Balaban J connectivity index is 3.69. The van der Waals surface area contributed by atoms with Crippen LogP contribution in [0.4, 0.5) is 4.79 Å². The number of thioether (sulfide) groups is 1. The molecule has 0 heterocycles. The van der Waals surface area contributed by atoms with Crippen LogP contribution in [0.2, 0.25) is 0 Å². The Morgan fingerprint density at radius 1 is 1.11 bits per heavy atom. The van der Waals surface area contributed by atoms with Crippen molar-refractivity contribution >= 4 is 29.7 Å². The van der Waals surface area contributed by atoms with E-state index < -0.39 is 41.1 Å². The van der Waals surface area contributed by atoms with E-state index in [1.807, 2.05) is 40.9 Å². The number of nitrogens with one attached hydrogen (secondary N) is 2. The summed E-state index contributed by atoms with van der Waals surface area (Å²) in [4.78, 5) is 42.1.